The molecule has 4 atom stereocenters. The molecule has 3 aliphatic rings. The molecular weight excluding hydrogens is 562 g/mol. The molecule has 1 aromatic rings. The molecule has 2 fully saturated rings. The van der Waals surface area contributed by atoms with Gasteiger partial charge in [0.1, 0.15) is 12.1 Å². The van der Waals surface area contributed by atoms with Crippen LogP contribution >= 0.6 is 23.2 Å². The van der Waals surface area contributed by atoms with E-state index in [9.17, 15) is 14.0 Å². The fourth-order valence-electron chi connectivity index (χ4n) is 6.70. The quantitative estimate of drug-likeness (QED) is 0.222. The first-order chi connectivity index (χ1) is 19.5. The van der Waals surface area contributed by atoms with Gasteiger partial charge in [0.05, 0.1) is 6.04 Å². The first kappa shape index (κ1) is 31.7. The largest absolute Gasteiger partial charge is 0.355 e. The number of fused-ring (bicyclic) bond motifs is 2. The van der Waals surface area contributed by atoms with E-state index in [1.807, 2.05) is 6.07 Å². The van der Waals surface area contributed by atoms with Crippen molar-refractivity contribution in [1.29, 1.82) is 0 Å². The molecule has 3 aliphatic heterocycles. The van der Waals surface area contributed by atoms with Gasteiger partial charge < -0.3 is 20.9 Å². The Bertz CT molecular complexity index is 1200. The molecule has 224 valence electrons. The molecule has 1 spiro atoms. The summed E-state index contributed by atoms with van der Waals surface area (Å²) in [5, 5.41) is 10.4. The van der Waals surface area contributed by atoms with Crippen molar-refractivity contribution in [3.05, 3.63) is 64.2 Å². The number of hydrogen-bond acceptors (Lipinski definition) is 4. The van der Waals surface area contributed by atoms with Crippen molar-refractivity contribution in [1.82, 2.24) is 15.5 Å². The second-order valence-corrected chi connectivity index (χ2v) is 13.6. The van der Waals surface area contributed by atoms with Crippen molar-refractivity contribution in [2.45, 2.75) is 70.4 Å². The number of amides is 2. The molecule has 0 saturated carbocycles. The first-order valence-electron chi connectivity index (χ1n) is 14.6. The van der Waals surface area contributed by atoms with Crippen LogP contribution in [0.15, 0.2) is 53.6 Å². The molecule has 2 amide bonds. The van der Waals surface area contributed by atoms with Crippen LogP contribution < -0.4 is 16.0 Å². The standard InChI is InChI=1S/C32H43Cl2FN4O2/c1-21(10-8-11-23(34)20-35)27-28(29(40)36-14-9-17-39-15-6-5-7-16-39)38-26(19-31(2,3)4)32(27)24-13-12-22(33)18-25(24)37-30(32)41/h8,10-13,18,26-28,38H,1,5-7,9,14-17,19-20H2,2-4H3,(H,36,40)(H,37,41)/b10-8-,23-11+/t26-,27+,28-,32+/m1/s1. The molecular formula is C32H43Cl2FN4O2. The van der Waals surface area contributed by atoms with Crippen LogP contribution in [0.3, 0.4) is 0 Å². The van der Waals surface area contributed by atoms with E-state index >= 15 is 0 Å². The monoisotopic (exact) mass is 604 g/mol. The minimum absolute atomic E-state index is 0.0560. The highest BCUT2D eigenvalue weighted by molar-refractivity contribution is 6.31. The van der Waals surface area contributed by atoms with E-state index in [-0.39, 0.29) is 28.3 Å². The molecule has 0 radical (unpaired) electrons. The second-order valence-electron chi connectivity index (χ2n) is 12.7. The van der Waals surface area contributed by atoms with E-state index in [1.165, 1.54) is 25.3 Å². The van der Waals surface area contributed by atoms with Gasteiger partial charge in [-0.1, -0.05) is 75.2 Å². The number of allylic oxidation sites excluding steroid dienone is 4. The number of halogens is 3. The van der Waals surface area contributed by atoms with Crippen LogP contribution in [0.5, 0.6) is 0 Å². The number of hydrogen-bond donors (Lipinski definition) is 3. The molecule has 0 unspecified atom stereocenters. The Morgan fingerprint density at radius 2 is 2.00 bits per heavy atom. The Morgan fingerprint density at radius 1 is 1.27 bits per heavy atom. The summed E-state index contributed by atoms with van der Waals surface area (Å²) >= 11 is 12.2. The van der Waals surface area contributed by atoms with Crippen molar-refractivity contribution >= 4 is 40.7 Å². The molecule has 3 heterocycles. The van der Waals surface area contributed by atoms with Gasteiger partial charge in [0.2, 0.25) is 11.8 Å². The molecule has 0 aromatic heterocycles. The normalized spacial score (nSPS) is 26.9. The summed E-state index contributed by atoms with van der Waals surface area (Å²) in [6.45, 7) is 13.7. The molecule has 6 nitrogen and oxygen atoms in total. The van der Waals surface area contributed by atoms with Crippen LogP contribution in [0.25, 0.3) is 0 Å². The van der Waals surface area contributed by atoms with Gasteiger partial charge in [-0.3, -0.25) is 9.59 Å². The van der Waals surface area contributed by atoms with E-state index in [2.05, 4.69) is 48.2 Å². The Kier molecular flexibility index (Phi) is 10.4. The lowest BCUT2D eigenvalue weighted by Crippen LogP contribution is -2.50. The number of alkyl halides is 1. The number of piperidine rings is 1. The van der Waals surface area contributed by atoms with Gasteiger partial charge in [-0.2, -0.15) is 0 Å². The zero-order valence-corrected chi connectivity index (χ0v) is 25.9. The van der Waals surface area contributed by atoms with Crippen molar-refractivity contribution in [2.24, 2.45) is 11.3 Å². The lowest BCUT2D eigenvalue weighted by molar-refractivity contribution is -0.124. The Balaban J connectivity index is 1.68. The third-order valence-electron chi connectivity index (χ3n) is 8.42. The maximum Gasteiger partial charge on any atom is 0.237 e. The molecule has 41 heavy (non-hydrogen) atoms. The number of carbonyl (C=O) groups is 2. The van der Waals surface area contributed by atoms with Gasteiger partial charge >= 0.3 is 0 Å². The second kappa shape index (κ2) is 13.4. The summed E-state index contributed by atoms with van der Waals surface area (Å²) in [7, 11) is 0. The number of benzene rings is 1. The maximum absolute atomic E-state index is 14.1. The lowest BCUT2D eigenvalue weighted by Gasteiger charge is -2.37. The minimum atomic E-state index is -1.10. The summed E-state index contributed by atoms with van der Waals surface area (Å²) in [6, 6.07) is 4.36. The Labute approximate surface area is 253 Å². The summed E-state index contributed by atoms with van der Waals surface area (Å²) < 4.78 is 13.0. The highest BCUT2D eigenvalue weighted by Gasteiger charge is 2.65. The van der Waals surface area contributed by atoms with E-state index in [0.29, 0.717) is 29.2 Å². The molecule has 9 heteroatoms. The molecule has 1 aromatic carbocycles. The fourth-order valence-corrected chi connectivity index (χ4v) is 6.95. The number of nitrogens with one attached hydrogen (secondary N) is 3. The maximum atomic E-state index is 14.1. The Hall–Kier alpha value is -2.19. The van der Waals surface area contributed by atoms with E-state index in [4.69, 9.17) is 23.2 Å². The smallest absolute Gasteiger partial charge is 0.237 e. The summed E-state index contributed by atoms with van der Waals surface area (Å²) in [4.78, 5) is 30.5. The van der Waals surface area contributed by atoms with Crippen LogP contribution in [0.4, 0.5) is 10.1 Å². The molecule has 3 N–H and O–H groups in total. The van der Waals surface area contributed by atoms with Gasteiger partial charge in [0.15, 0.2) is 0 Å². The van der Waals surface area contributed by atoms with E-state index in [1.54, 1.807) is 24.3 Å². The van der Waals surface area contributed by atoms with Crippen LogP contribution in [-0.2, 0) is 15.0 Å². The average molecular weight is 606 g/mol. The number of carbonyl (C=O) groups excluding carboxylic acids is 2. The van der Waals surface area contributed by atoms with Crippen molar-refractivity contribution in [2.75, 3.05) is 38.2 Å². The molecule has 0 aliphatic carbocycles. The third-order valence-corrected chi connectivity index (χ3v) is 8.88. The first-order valence-corrected chi connectivity index (χ1v) is 15.4. The third kappa shape index (κ3) is 7.07. The van der Waals surface area contributed by atoms with E-state index < -0.39 is 24.0 Å². The van der Waals surface area contributed by atoms with Gasteiger partial charge in [-0.15, -0.1) is 0 Å². The summed E-state index contributed by atoms with van der Waals surface area (Å²) in [5.41, 5.74) is 0.788. The predicted octanol–water partition coefficient (Wildman–Crippen LogP) is 6.12. The number of rotatable bonds is 10. The lowest BCUT2D eigenvalue weighted by atomic mass is 9.62. The van der Waals surface area contributed by atoms with Gasteiger partial charge in [0.25, 0.3) is 0 Å². The highest BCUT2D eigenvalue weighted by atomic mass is 35.5. The Morgan fingerprint density at radius 3 is 2.68 bits per heavy atom. The molecule has 0 bridgehead atoms. The van der Waals surface area contributed by atoms with E-state index in [0.717, 1.165) is 31.6 Å². The zero-order valence-electron chi connectivity index (χ0n) is 24.4. The highest BCUT2D eigenvalue weighted by Crippen LogP contribution is 2.55. The van der Waals surface area contributed by atoms with Crippen LogP contribution in [0.1, 0.15) is 58.4 Å². The van der Waals surface area contributed by atoms with Crippen molar-refractivity contribution < 1.29 is 14.0 Å². The topological polar surface area (TPSA) is 73.5 Å². The summed E-state index contributed by atoms with van der Waals surface area (Å²) in [5.74, 6) is -0.950. The van der Waals surface area contributed by atoms with Crippen molar-refractivity contribution in [3.63, 3.8) is 0 Å². The zero-order chi connectivity index (χ0) is 29.8. The number of likely N-dealkylation sites (tertiary alicyclic amines) is 1. The van der Waals surface area contributed by atoms with Gasteiger partial charge in [-0.05, 0) is 80.1 Å². The average Bonchev–Trinajstić information content (AvgIpc) is 3.40. The van der Waals surface area contributed by atoms with Crippen LogP contribution in [-0.4, -0.2) is 61.7 Å². The van der Waals surface area contributed by atoms with Crippen molar-refractivity contribution in [3.8, 4) is 0 Å². The minimum Gasteiger partial charge on any atom is -0.355 e. The van der Waals surface area contributed by atoms with Crippen LogP contribution in [0, 0.1) is 11.3 Å². The van der Waals surface area contributed by atoms with Gasteiger partial charge in [-0.25, -0.2) is 4.39 Å². The van der Waals surface area contributed by atoms with Crippen LogP contribution in [0.2, 0.25) is 5.02 Å². The molecule has 4 rings (SSSR count). The van der Waals surface area contributed by atoms with Gasteiger partial charge in [0, 0.05) is 34.2 Å². The number of anilines is 1. The predicted molar refractivity (Wildman–Crippen MR) is 166 cm³/mol. The fraction of sp³-hybridized carbons (Fsp3) is 0.562. The SMILES string of the molecule is C=C(/C=C\C=C(\Cl)CF)[C@H]1[C@H](C(=O)NCCCN2CCCCC2)N[C@H](CC(C)(C)C)[C@]12C(=O)Nc1cc(Cl)ccc12. The molecule has 2 saturated heterocycles. The summed E-state index contributed by atoms with van der Waals surface area (Å²) in [6.07, 6.45) is 10.1. The number of nitrogens with zero attached hydrogens (tertiary/aromatic N) is 1.